The minimum Gasteiger partial charge on any atom is -0.369 e. The van der Waals surface area contributed by atoms with Crippen LogP contribution in [0, 0.1) is 0 Å². The van der Waals surface area contributed by atoms with E-state index in [1.165, 1.54) is 19.2 Å². The zero-order valence-corrected chi connectivity index (χ0v) is 14.5. The van der Waals surface area contributed by atoms with E-state index in [0.29, 0.717) is 11.3 Å². The summed E-state index contributed by atoms with van der Waals surface area (Å²) in [4.78, 5) is 23.4. The average Bonchev–Trinajstić information content (AvgIpc) is 2.57. The van der Waals surface area contributed by atoms with Gasteiger partial charge in [0.1, 0.15) is 0 Å². The molecular formula is C17H19N3O4S. The first-order chi connectivity index (χ1) is 11.8. The standard InChI is InChI=1S/C17H19N3O4S/c1-20(25(23,24)14-8-3-2-4-9-14)12-17(22)19-15-10-6-5-7-13(15)11-16(18)21/h2-10H,11-12H2,1H3,(H2,18,21)(H,19,22). The molecule has 2 aromatic rings. The largest absolute Gasteiger partial charge is 0.369 e. The van der Waals surface area contributed by atoms with E-state index < -0.39 is 21.8 Å². The molecule has 8 heteroatoms. The van der Waals surface area contributed by atoms with Crippen LogP contribution in [0.25, 0.3) is 0 Å². The molecule has 0 saturated carbocycles. The molecule has 2 amide bonds. The minimum absolute atomic E-state index is 0.0192. The molecular weight excluding hydrogens is 342 g/mol. The molecule has 0 atom stereocenters. The molecule has 0 aliphatic heterocycles. The van der Waals surface area contributed by atoms with Crippen LogP contribution in [0.15, 0.2) is 59.5 Å². The van der Waals surface area contributed by atoms with Crippen molar-refractivity contribution >= 4 is 27.5 Å². The van der Waals surface area contributed by atoms with Crippen molar-refractivity contribution in [1.29, 1.82) is 0 Å². The second-order valence-corrected chi connectivity index (χ2v) is 7.47. The Kier molecular flexibility index (Phi) is 5.89. The molecule has 0 unspecified atom stereocenters. The summed E-state index contributed by atoms with van der Waals surface area (Å²) in [5.74, 6) is -1.04. The second kappa shape index (κ2) is 7.91. The smallest absolute Gasteiger partial charge is 0.243 e. The molecule has 0 aliphatic rings. The van der Waals surface area contributed by atoms with Crippen molar-refractivity contribution in [2.24, 2.45) is 5.73 Å². The van der Waals surface area contributed by atoms with Gasteiger partial charge < -0.3 is 11.1 Å². The van der Waals surface area contributed by atoms with Crippen molar-refractivity contribution < 1.29 is 18.0 Å². The van der Waals surface area contributed by atoms with E-state index in [9.17, 15) is 18.0 Å². The SMILES string of the molecule is CN(CC(=O)Nc1ccccc1CC(N)=O)S(=O)(=O)c1ccccc1. The number of hydrogen-bond acceptors (Lipinski definition) is 4. The molecule has 0 heterocycles. The summed E-state index contributed by atoms with van der Waals surface area (Å²) in [5, 5.41) is 2.62. The number of para-hydroxylation sites is 1. The molecule has 2 rings (SSSR count). The van der Waals surface area contributed by atoms with Crippen LogP contribution in [0.1, 0.15) is 5.56 Å². The summed E-state index contributed by atoms with van der Waals surface area (Å²) < 4.78 is 25.8. The Bertz CT molecular complexity index is 866. The number of carbonyl (C=O) groups is 2. The number of amides is 2. The number of sulfonamides is 1. The summed E-state index contributed by atoms with van der Waals surface area (Å²) in [5.41, 5.74) is 6.18. The molecule has 132 valence electrons. The Hall–Kier alpha value is -2.71. The van der Waals surface area contributed by atoms with Gasteiger partial charge in [-0.3, -0.25) is 9.59 Å². The molecule has 3 N–H and O–H groups in total. The van der Waals surface area contributed by atoms with Crippen molar-refractivity contribution in [3.63, 3.8) is 0 Å². The number of primary amides is 1. The van der Waals surface area contributed by atoms with Crippen molar-refractivity contribution in [1.82, 2.24) is 4.31 Å². The number of likely N-dealkylation sites (N-methyl/N-ethyl adjacent to an activating group) is 1. The maximum Gasteiger partial charge on any atom is 0.243 e. The molecule has 0 aromatic heterocycles. The highest BCUT2D eigenvalue weighted by Gasteiger charge is 2.22. The molecule has 0 saturated heterocycles. The molecule has 0 radical (unpaired) electrons. The van der Waals surface area contributed by atoms with Gasteiger partial charge in [0.05, 0.1) is 17.9 Å². The monoisotopic (exact) mass is 361 g/mol. The van der Waals surface area contributed by atoms with Crippen LogP contribution in [0.2, 0.25) is 0 Å². The molecule has 0 fully saturated rings. The predicted molar refractivity (Wildman–Crippen MR) is 94.2 cm³/mol. The first-order valence-electron chi connectivity index (χ1n) is 7.48. The second-order valence-electron chi connectivity index (χ2n) is 5.42. The van der Waals surface area contributed by atoms with Gasteiger partial charge in [0.25, 0.3) is 0 Å². The van der Waals surface area contributed by atoms with E-state index in [-0.39, 0.29) is 17.9 Å². The lowest BCUT2D eigenvalue weighted by atomic mass is 10.1. The number of anilines is 1. The van der Waals surface area contributed by atoms with Gasteiger partial charge >= 0.3 is 0 Å². The Balaban J connectivity index is 2.09. The third-order valence-electron chi connectivity index (χ3n) is 3.47. The highest BCUT2D eigenvalue weighted by molar-refractivity contribution is 7.89. The minimum atomic E-state index is -3.76. The van der Waals surface area contributed by atoms with Gasteiger partial charge in [-0.05, 0) is 23.8 Å². The van der Waals surface area contributed by atoms with Crippen LogP contribution in [-0.2, 0) is 26.0 Å². The van der Waals surface area contributed by atoms with Gasteiger partial charge in [-0.15, -0.1) is 0 Å². The average molecular weight is 361 g/mol. The number of nitrogens with two attached hydrogens (primary N) is 1. The fraction of sp³-hybridized carbons (Fsp3) is 0.176. The lowest BCUT2D eigenvalue weighted by molar-refractivity contribution is -0.118. The molecule has 0 spiro atoms. The van der Waals surface area contributed by atoms with Gasteiger partial charge in [0.2, 0.25) is 21.8 Å². The zero-order chi connectivity index (χ0) is 18.4. The first-order valence-corrected chi connectivity index (χ1v) is 8.92. The third-order valence-corrected chi connectivity index (χ3v) is 5.29. The van der Waals surface area contributed by atoms with Gasteiger partial charge in [-0.2, -0.15) is 4.31 Å². The summed E-state index contributed by atoms with van der Waals surface area (Å²) in [6.45, 7) is -0.359. The van der Waals surface area contributed by atoms with E-state index in [0.717, 1.165) is 4.31 Å². The van der Waals surface area contributed by atoms with E-state index in [1.807, 2.05) is 0 Å². The van der Waals surface area contributed by atoms with E-state index >= 15 is 0 Å². The van der Waals surface area contributed by atoms with Crippen LogP contribution < -0.4 is 11.1 Å². The van der Waals surface area contributed by atoms with Gasteiger partial charge in [0.15, 0.2) is 0 Å². The van der Waals surface area contributed by atoms with Crippen LogP contribution in [0.5, 0.6) is 0 Å². The topological polar surface area (TPSA) is 110 Å². The van der Waals surface area contributed by atoms with Gasteiger partial charge in [-0.25, -0.2) is 8.42 Å². The highest BCUT2D eigenvalue weighted by Crippen LogP contribution is 2.17. The summed E-state index contributed by atoms with van der Waals surface area (Å²) in [6, 6.07) is 14.6. The molecule has 7 nitrogen and oxygen atoms in total. The van der Waals surface area contributed by atoms with E-state index in [4.69, 9.17) is 5.73 Å². The number of benzene rings is 2. The zero-order valence-electron chi connectivity index (χ0n) is 13.7. The van der Waals surface area contributed by atoms with Crippen molar-refractivity contribution in [2.75, 3.05) is 18.9 Å². The lowest BCUT2D eigenvalue weighted by Gasteiger charge is -2.17. The lowest BCUT2D eigenvalue weighted by Crippen LogP contribution is -2.35. The number of nitrogens with zero attached hydrogens (tertiary/aromatic N) is 1. The highest BCUT2D eigenvalue weighted by atomic mass is 32.2. The van der Waals surface area contributed by atoms with Crippen LogP contribution in [0.3, 0.4) is 0 Å². The van der Waals surface area contributed by atoms with Gasteiger partial charge in [-0.1, -0.05) is 36.4 Å². The number of hydrogen-bond donors (Lipinski definition) is 2. The van der Waals surface area contributed by atoms with E-state index in [1.54, 1.807) is 42.5 Å². The van der Waals surface area contributed by atoms with Crippen molar-refractivity contribution in [2.45, 2.75) is 11.3 Å². The van der Waals surface area contributed by atoms with Crippen LogP contribution >= 0.6 is 0 Å². The van der Waals surface area contributed by atoms with Crippen molar-refractivity contribution in [3.05, 3.63) is 60.2 Å². The van der Waals surface area contributed by atoms with E-state index in [2.05, 4.69) is 5.32 Å². The molecule has 2 aromatic carbocycles. The number of carbonyl (C=O) groups excluding carboxylic acids is 2. The van der Waals surface area contributed by atoms with Crippen LogP contribution in [-0.4, -0.2) is 38.1 Å². The maximum atomic E-state index is 12.4. The van der Waals surface area contributed by atoms with Crippen molar-refractivity contribution in [3.8, 4) is 0 Å². The summed E-state index contributed by atoms with van der Waals surface area (Å²) in [6.07, 6.45) is -0.0192. The Labute approximate surface area is 146 Å². The normalized spacial score (nSPS) is 11.3. The third kappa shape index (κ3) is 4.88. The Morgan fingerprint density at radius 1 is 1.04 bits per heavy atom. The predicted octanol–water partition coefficient (Wildman–Crippen LogP) is 0.974. The summed E-state index contributed by atoms with van der Waals surface area (Å²) >= 11 is 0. The fourth-order valence-corrected chi connectivity index (χ4v) is 3.38. The Morgan fingerprint density at radius 2 is 1.64 bits per heavy atom. The Morgan fingerprint density at radius 3 is 2.28 bits per heavy atom. The first kappa shape index (κ1) is 18.6. The summed E-state index contributed by atoms with van der Waals surface area (Å²) in [7, 11) is -2.43. The molecule has 0 bridgehead atoms. The fourth-order valence-electron chi connectivity index (χ4n) is 2.23. The molecule has 25 heavy (non-hydrogen) atoms. The quantitative estimate of drug-likeness (QED) is 0.766. The maximum absolute atomic E-state index is 12.4. The van der Waals surface area contributed by atoms with Crippen LogP contribution in [0.4, 0.5) is 5.69 Å². The number of nitrogens with one attached hydrogen (secondary N) is 1. The van der Waals surface area contributed by atoms with Gasteiger partial charge in [0, 0.05) is 12.7 Å². The number of rotatable bonds is 7. The molecule has 0 aliphatic carbocycles.